The molecule has 1 aromatic rings. The van der Waals surface area contributed by atoms with Crippen molar-refractivity contribution in [3.05, 3.63) is 11.9 Å². The molecule has 8 nitrogen and oxygen atoms in total. The summed E-state index contributed by atoms with van der Waals surface area (Å²) >= 11 is 0. The highest BCUT2D eigenvalue weighted by molar-refractivity contribution is 5.73. The molecule has 0 unspecified atom stereocenters. The molecule has 0 radical (unpaired) electrons. The summed E-state index contributed by atoms with van der Waals surface area (Å²) in [4.78, 5) is 20.9. The SMILES string of the molecule is N[C@@H](Cc1cnnn1CC(=O)O)C(=O)O. The van der Waals surface area contributed by atoms with Crippen LogP contribution in [0.5, 0.6) is 0 Å². The zero-order chi connectivity index (χ0) is 11.4. The van der Waals surface area contributed by atoms with Crippen LogP contribution in [0.25, 0.3) is 0 Å². The van der Waals surface area contributed by atoms with E-state index in [1.54, 1.807) is 0 Å². The normalized spacial score (nSPS) is 12.3. The second kappa shape index (κ2) is 4.51. The number of carboxylic acids is 2. The van der Waals surface area contributed by atoms with E-state index in [0.717, 1.165) is 4.68 Å². The third kappa shape index (κ3) is 3.02. The van der Waals surface area contributed by atoms with Crippen LogP contribution in [0.3, 0.4) is 0 Å². The van der Waals surface area contributed by atoms with E-state index in [-0.39, 0.29) is 13.0 Å². The Kier molecular flexibility index (Phi) is 3.34. The largest absolute Gasteiger partial charge is 0.480 e. The fourth-order valence-electron chi connectivity index (χ4n) is 1.01. The Hall–Kier alpha value is -1.96. The highest BCUT2D eigenvalue weighted by Crippen LogP contribution is 2.00. The summed E-state index contributed by atoms with van der Waals surface area (Å²) in [5.74, 6) is -2.23. The molecule has 82 valence electrons. The van der Waals surface area contributed by atoms with E-state index in [0.29, 0.717) is 5.69 Å². The van der Waals surface area contributed by atoms with Crippen LogP contribution in [0.1, 0.15) is 5.69 Å². The van der Waals surface area contributed by atoms with Gasteiger partial charge in [-0.05, 0) is 0 Å². The molecular formula is C7H10N4O4. The topological polar surface area (TPSA) is 131 Å². The third-order valence-corrected chi connectivity index (χ3v) is 1.73. The number of nitrogens with zero attached hydrogens (tertiary/aromatic N) is 3. The minimum atomic E-state index is -1.15. The maximum Gasteiger partial charge on any atom is 0.325 e. The van der Waals surface area contributed by atoms with Crippen molar-refractivity contribution in [1.82, 2.24) is 15.0 Å². The van der Waals surface area contributed by atoms with Crippen LogP contribution < -0.4 is 5.73 Å². The fourth-order valence-corrected chi connectivity index (χ4v) is 1.01. The molecule has 1 atom stereocenters. The number of aromatic nitrogens is 3. The molecule has 15 heavy (non-hydrogen) atoms. The lowest BCUT2D eigenvalue weighted by Crippen LogP contribution is -2.33. The van der Waals surface area contributed by atoms with Gasteiger partial charge in [0.25, 0.3) is 0 Å². The summed E-state index contributed by atoms with van der Waals surface area (Å²) in [5.41, 5.74) is 5.67. The molecular weight excluding hydrogens is 204 g/mol. The number of carbonyl (C=O) groups is 2. The van der Waals surface area contributed by atoms with Crippen molar-refractivity contribution in [3.63, 3.8) is 0 Å². The average Bonchev–Trinajstić information content (AvgIpc) is 2.51. The molecule has 0 spiro atoms. The van der Waals surface area contributed by atoms with Gasteiger partial charge in [-0.15, -0.1) is 5.10 Å². The highest BCUT2D eigenvalue weighted by Gasteiger charge is 2.16. The van der Waals surface area contributed by atoms with Crippen LogP contribution in [-0.2, 0) is 22.6 Å². The van der Waals surface area contributed by atoms with Gasteiger partial charge in [0, 0.05) is 6.42 Å². The van der Waals surface area contributed by atoms with Crippen LogP contribution in [0.15, 0.2) is 6.20 Å². The second-order valence-corrected chi connectivity index (χ2v) is 2.93. The molecule has 0 aromatic carbocycles. The summed E-state index contributed by atoms with van der Waals surface area (Å²) < 4.78 is 1.10. The van der Waals surface area contributed by atoms with Gasteiger partial charge in [-0.1, -0.05) is 5.21 Å². The van der Waals surface area contributed by atoms with E-state index in [1.807, 2.05) is 0 Å². The number of hydrogen-bond donors (Lipinski definition) is 3. The van der Waals surface area contributed by atoms with Crippen LogP contribution in [0.2, 0.25) is 0 Å². The summed E-state index contributed by atoms with van der Waals surface area (Å²) in [5, 5.41) is 24.1. The van der Waals surface area contributed by atoms with E-state index in [4.69, 9.17) is 15.9 Å². The lowest BCUT2D eigenvalue weighted by Gasteiger charge is -2.06. The number of rotatable bonds is 5. The number of aliphatic carboxylic acids is 2. The van der Waals surface area contributed by atoms with E-state index in [1.165, 1.54) is 6.20 Å². The molecule has 0 saturated heterocycles. The summed E-state index contributed by atoms with van der Waals surface area (Å²) in [6, 6.07) is -1.09. The smallest absolute Gasteiger partial charge is 0.325 e. The van der Waals surface area contributed by atoms with Crippen molar-refractivity contribution in [2.45, 2.75) is 19.0 Å². The summed E-state index contributed by atoms with van der Waals surface area (Å²) in [7, 11) is 0. The fraction of sp³-hybridized carbons (Fsp3) is 0.429. The Labute approximate surface area is 84.3 Å². The Balaban J connectivity index is 2.72. The van der Waals surface area contributed by atoms with E-state index < -0.39 is 18.0 Å². The van der Waals surface area contributed by atoms with Crippen molar-refractivity contribution >= 4 is 11.9 Å². The van der Waals surface area contributed by atoms with Crippen LogP contribution in [0.4, 0.5) is 0 Å². The third-order valence-electron chi connectivity index (χ3n) is 1.73. The van der Waals surface area contributed by atoms with Gasteiger partial charge in [0.2, 0.25) is 0 Å². The minimum Gasteiger partial charge on any atom is -0.480 e. The van der Waals surface area contributed by atoms with Crippen molar-refractivity contribution in [1.29, 1.82) is 0 Å². The Morgan fingerprint density at radius 3 is 2.73 bits per heavy atom. The summed E-state index contributed by atoms with van der Waals surface area (Å²) in [6.45, 7) is -0.359. The van der Waals surface area contributed by atoms with Gasteiger partial charge in [-0.25, -0.2) is 4.68 Å². The first-order valence-corrected chi connectivity index (χ1v) is 4.08. The predicted octanol–water partition coefficient (Wildman–Crippen LogP) is -1.68. The first-order chi connectivity index (χ1) is 7.00. The molecule has 0 aliphatic heterocycles. The quantitative estimate of drug-likeness (QED) is 0.533. The first kappa shape index (κ1) is 11.1. The standard InChI is InChI=1S/C7H10N4O4/c8-5(7(14)15)1-4-2-9-10-11(4)3-6(12)13/h2,5H,1,3,8H2,(H,12,13)(H,14,15)/t5-/m0/s1. The van der Waals surface area contributed by atoms with Crippen molar-refractivity contribution in [2.24, 2.45) is 5.73 Å². The number of nitrogens with two attached hydrogens (primary N) is 1. The van der Waals surface area contributed by atoms with Gasteiger partial charge in [-0.3, -0.25) is 9.59 Å². The molecule has 0 aliphatic rings. The van der Waals surface area contributed by atoms with Gasteiger partial charge >= 0.3 is 11.9 Å². The van der Waals surface area contributed by atoms with E-state index in [2.05, 4.69) is 10.3 Å². The molecule has 0 amide bonds. The van der Waals surface area contributed by atoms with Crippen LogP contribution in [0, 0.1) is 0 Å². The molecule has 8 heteroatoms. The van der Waals surface area contributed by atoms with Crippen LogP contribution in [-0.4, -0.2) is 43.2 Å². The number of hydrogen-bond acceptors (Lipinski definition) is 5. The Bertz CT molecular complexity index is 375. The lowest BCUT2D eigenvalue weighted by molar-refractivity contribution is -0.138. The highest BCUT2D eigenvalue weighted by atomic mass is 16.4. The molecule has 1 heterocycles. The zero-order valence-corrected chi connectivity index (χ0v) is 7.70. The minimum absolute atomic E-state index is 0.00435. The van der Waals surface area contributed by atoms with Crippen molar-refractivity contribution in [2.75, 3.05) is 0 Å². The van der Waals surface area contributed by atoms with Gasteiger partial charge in [0.05, 0.1) is 11.9 Å². The zero-order valence-electron chi connectivity index (χ0n) is 7.70. The van der Waals surface area contributed by atoms with E-state index in [9.17, 15) is 9.59 Å². The Morgan fingerprint density at radius 1 is 1.53 bits per heavy atom. The Morgan fingerprint density at radius 2 is 2.20 bits per heavy atom. The van der Waals surface area contributed by atoms with Gasteiger partial charge < -0.3 is 15.9 Å². The van der Waals surface area contributed by atoms with E-state index >= 15 is 0 Å². The molecule has 0 saturated carbocycles. The van der Waals surface area contributed by atoms with Gasteiger partial charge in [0.1, 0.15) is 12.6 Å². The molecule has 4 N–H and O–H groups in total. The van der Waals surface area contributed by atoms with Gasteiger partial charge in [-0.2, -0.15) is 0 Å². The maximum atomic E-state index is 10.5. The van der Waals surface area contributed by atoms with Crippen LogP contribution >= 0.6 is 0 Å². The molecule has 1 rings (SSSR count). The lowest BCUT2D eigenvalue weighted by atomic mass is 10.2. The molecule has 1 aromatic heterocycles. The number of carboxylic acid groups (broad SMARTS) is 2. The first-order valence-electron chi connectivity index (χ1n) is 4.08. The van der Waals surface area contributed by atoms with Gasteiger partial charge in [0.15, 0.2) is 0 Å². The predicted molar refractivity (Wildman–Crippen MR) is 47.0 cm³/mol. The molecule has 0 aliphatic carbocycles. The maximum absolute atomic E-state index is 10.5. The average molecular weight is 214 g/mol. The summed E-state index contributed by atoms with van der Waals surface area (Å²) in [6.07, 6.45) is 1.29. The molecule has 0 bridgehead atoms. The van der Waals surface area contributed by atoms with Crippen molar-refractivity contribution in [3.8, 4) is 0 Å². The molecule has 0 fully saturated rings. The second-order valence-electron chi connectivity index (χ2n) is 2.93. The van der Waals surface area contributed by atoms with Crippen molar-refractivity contribution < 1.29 is 19.8 Å². The monoisotopic (exact) mass is 214 g/mol.